The zero-order valence-corrected chi connectivity index (χ0v) is 13.3. The number of benzene rings is 1. The Bertz CT molecular complexity index is 463. The second-order valence-electron chi connectivity index (χ2n) is 7.87. The maximum atomic E-state index is 3.99. The number of fused-ring (bicyclic) bond motifs is 1. The molecule has 1 aromatic rings. The Balaban J connectivity index is 1.60. The van der Waals surface area contributed by atoms with Crippen molar-refractivity contribution in [1.29, 1.82) is 0 Å². The van der Waals surface area contributed by atoms with Crippen molar-refractivity contribution in [2.75, 3.05) is 0 Å². The summed E-state index contributed by atoms with van der Waals surface area (Å²) in [6.45, 7) is 7.29. The van der Waals surface area contributed by atoms with Crippen LogP contribution in [0.5, 0.6) is 0 Å². The third-order valence-electron chi connectivity index (χ3n) is 5.49. The molecule has 1 nitrogen and oxygen atoms in total. The molecule has 110 valence electrons. The molecule has 1 saturated carbocycles. The Kier molecular flexibility index (Phi) is 3.90. The first-order valence-electron chi connectivity index (χ1n) is 8.36. The van der Waals surface area contributed by atoms with Crippen molar-refractivity contribution in [2.45, 2.75) is 71.4 Å². The van der Waals surface area contributed by atoms with E-state index in [9.17, 15) is 0 Å². The molecular formula is C19H29N. The van der Waals surface area contributed by atoms with Gasteiger partial charge < -0.3 is 5.32 Å². The maximum absolute atomic E-state index is 3.99. The third kappa shape index (κ3) is 3.09. The lowest BCUT2D eigenvalue weighted by Gasteiger charge is -2.42. The van der Waals surface area contributed by atoms with Crippen LogP contribution in [0.15, 0.2) is 24.3 Å². The van der Waals surface area contributed by atoms with Crippen molar-refractivity contribution in [3.63, 3.8) is 0 Å². The molecule has 3 rings (SSSR count). The summed E-state index contributed by atoms with van der Waals surface area (Å²) in [5, 5.41) is 3.99. The average Bonchev–Trinajstić information content (AvgIpc) is 2.41. The van der Waals surface area contributed by atoms with E-state index < -0.39 is 0 Å². The van der Waals surface area contributed by atoms with Gasteiger partial charge in [0.15, 0.2) is 0 Å². The quantitative estimate of drug-likeness (QED) is 0.843. The second kappa shape index (κ2) is 5.52. The van der Waals surface area contributed by atoms with Crippen LogP contribution in [-0.4, -0.2) is 12.1 Å². The van der Waals surface area contributed by atoms with Crippen LogP contribution in [0.4, 0.5) is 0 Å². The lowest BCUT2D eigenvalue weighted by Crippen LogP contribution is -2.48. The predicted molar refractivity (Wildman–Crippen MR) is 86.0 cm³/mol. The predicted octanol–water partition coefficient (Wildman–Crippen LogP) is 4.35. The molecule has 0 bridgehead atoms. The first kappa shape index (κ1) is 14.1. The van der Waals surface area contributed by atoms with E-state index in [0.29, 0.717) is 11.5 Å². The summed E-state index contributed by atoms with van der Waals surface area (Å²) in [5.41, 5.74) is 3.69. The number of hydrogen-bond acceptors (Lipinski definition) is 1. The van der Waals surface area contributed by atoms with E-state index in [-0.39, 0.29) is 0 Å². The smallest absolute Gasteiger partial charge is 0.0113 e. The summed E-state index contributed by atoms with van der Waals surface area (Å²) in [7, 11) is 0. The average molecular weight is 271 g/mol. The third-order valence-corrected chi connectivity index (χ3v) is 5.49. The monoisotopic (exact) mass is 271 g/mol. The Morgan fingerprint density at radius 1 is 1.10 bits per heavy atom. The van der Waals surface area contributed by atoms with Crippen molar-refractivity contribution < 1.29 is 0 Å². The minimum atomic E-state index is 0.552. The molecule has 0 saturated heterocycles. The molecule has 0 amide bonds. The fourth-order valence-corrected chi connectivity index (χ4v) is 4.34. The van der Waals surface area contributed by atoms with Gasteiger partial charge >= 0.3 is 0 Å². The number of nitrogens with one attached hydrogen (secondary N) is 1. The van der Waals surface area contributed by atoms with Crippen LogP contribution in [0.25, 0.3) is 0 Å². The van der Waals surface area contributed by atoms with Crippen molar-refractivity contribution in [1.82, 2.24) is 5.32 Å². The molecule has 2 aliphatic rings. The van der Waals surface area contributed by atoms with Crippen LogP contribution < -0.4 is 5.32 Å². The molecule has 1 fully saturated rings. The second-order valence-corrected chi connectivity index (χ2v) is 7.87. The Labute approximate surface area is 124 Å². The highest BCUT2D eigenvalue weighted by Gasteiger charge is 2.33. The van der Waals surface area contributed by atoms with Crippen LogP contribution in [0.2, 0.25) is 0 Å². The van der Waals surface area contributed by atoms with Gasteiger partial charge in [-0.2, -0.15) is 0 Å². The van der Waals surface area contributed by atoms with E-state index in [1.165, 1.54) is 38.5 Å². The van der Waals surface area contributed by atoms with E-state index in [1.54, 1.807) is 11.1 Å². The minimum Gasteiger partial charge on any atom is -0.311 e. The Morgan fingerprint density at radius 2 is 1.85 bits per heavy atom. The summed E-state index contributed by atoms with van der Waals surface area (Å²) < 4.78 is 0. The largest absolute Gasteiger partial charge is 0.311 e. The molecule has 0 spiro atoms. The zero-order valence-electron chi connectivity index (χ0n) is 13.3. The minimum absolute atomic E-state index is 0.552. The molecule has 1 aromatic carbocycles. The fourth-order valence-electron chi connectivity index (χ4n) is 4.34. The van der Waals surface area contributed by atoms with Gasteiger partial charge in [0.05, 0.1) is 0 Å². The van der Waals surface area contributed by atoms with Gasteiger partial charge in [0.2, 0.25) is 0 Å². The van der Waals surface area contributed by atoms with E-state index in [2.05, 4.69) is 50.4 Å². The lowest BCUT2D eigenvalue weighted by molar-refractivity contribution is 0.139. The van der Waals surface area contributed by atoms with Crippen LogP contribution in [-0.2, 0) is 12.8 Å². The highest BCUT2D eigenvalue weighted by molar-refractivity contribution is 5.30. The molecule has 0 heterocycles. The number of aryl methyl sites for hydroxylation is 1. The molecule has 2 aliphatic carbocycles. The van der Waals surface area contributed by atoms with Crippen molar-refractivity contribution in [2.24, 2.45) is 11.3 Å². The summed E-state index contributed by atoms with van der Waals surface area (Å²) in [4.78, 5) is 0. The van der Waals surface area contributed by atoms with Gasteiger partial charge in [0.25, 0.3) is 0 Å². The maximum Gasteiger partial charge on any atom is 0.0113 e. The van der Waals surface area contributed by atoms with E-state index in [1.807, 2.05) is 0 Å². The number of hydrogen-bond donors (Lipinski definition) is 1. The van der Waals surface area contributed by atoms with Gasteiger partial charge in [-0.3, -0.25) is 0 Å². The van der Waals surface area contributed by atoms with Crippen LogP contribution in [0.1, 0.15) is 57.6 Å². The summed E-state index contributed by atoms with van der Waals surface area (Å²) >= 11 is 0. The van der Waals surface area contributed by atoms with E-state index >= 15 is 0 Å². The standard InChI is InChI=1S/C19H29N/c1-14-13-19(2,3)11-10-18(14)20-17-9-8-15-6-4-5-7-16(15)12-17/h4-7,14,17-18,20H,8-13H2,1-3H3. The lowest BCUT2D eigenvalue weighted by atomic mass is 9.70. The molecule has 3 atom stereocenters. The van der Waals surface area contributed by atoms with Crippen LogP contribution in [0.3, 0.4) is 0 Å². The van der Waals surface area contributed by atoms with Crippen LogP contribution >= 0.6 is 0 Å². The van der Waals surface area contributed by atoms with Gasteiger partial charge in [-0.05, 0) is 61.0 Å². The Morgan fingerprint density at radius 3 is 2.60 bits per heavy atom. The highest BCUT2D eigenvalue weighted by atomic mass is 15.0. The molecule has 0 aliphatic heterocycles. The van der Waals surface area contributed by atoms with Gasteiger partial charge in [0, 0.05) is 12.1 Å². The normalized spacial score (nSPS) is 32.6. The highest BCUT2D eigenvalue weighted by Crippen LogP contribution is 2.39. The molecule has 1 N–H and O–H groups in total. The topological polar surface area (TPSA) is 12.0 Å². The van der Waals surface area contributed by atoms with Gasteiger partial charge in [-0.1, -0.05) is 45.0 Å². The SMILES string of the molecule is CC1CC(C)(C)CCC1NC1CCc2ccccc2C1. The van der Waals surface area contributed by atoms with Crippen molar-refractivity contribution >= 4 is 0 Å². The van der Waals surface area contributed by atoms with Gasteiger partial charge in [-0.15, -0.1) is 0 Å². The molecular weight excluding hydrogens is 242 g/mol. The zero-order chi connectivity index (χ0) is 14.2. The summed E-state index contributed by atoms with van der Waals surface area (Å²) in [5.74, 6) is 0.816. The Hall–Kier alpha value is -0.820. The molecule has 3 unspecified atom stereocenters. The molecule has 0 aromatic heterocycles. The first-order chi connectivity index (χ1) is 9.53. The molecule has 1 heteroatoms. The molecule has 20 heavy (non-hydrogen) atoms. The van der Waals surface area contributed by atoms with Gasteiger partial charge in [-0.25, -0.2) is 0 Å². The summed E-state index contributed by atoms with van der Waals surface area (Å²) in [6, 6.07) is 10.4. The van der Waals surface area contributed by atoms with Gasteiger partial charge in [0.1, 0.15) is 0 Å². The first-order valence-corrected chi connectivity index (χ1v) is 8.36. The van der Waals surface area contributed by atoms with E-state index in [4.69, 9.17) is 0 Å². The van der Waals surface area contributed by atoms with E-state index in [0.717, 1.165) is 12.0 Å². The van der Waals surface area contributed by atoms with Crippen LogP contribution in [0, 0.1) is 11.3 Å². The van der Waals surface area contributed by atoms with Crippen molar-refractivity contribution in [3.8, 4) is 0 Å². The molecule has 0 radical (unpaired) electrons. The van der Waals surface area contributed by atoms with Crippen molar-refractivity contribution in [3.05, 3.63) is 35.4 Å². The fraction of sp³-hybridized carbons (Fsp3) is 0.684. The summed E-state index contributed by atoms with van der Waals surface area (Å²) in [6.07, 6.45) is 7.88. The number of rotatable bonds is 2.